The van der Waals surface area contributed by atoms with E-state index in [2.05, 4.69) is 17.2 Å². The summed E-state index contributed by atoms with van der Waals surface area (Å²) in [6.07, 6.45) is 0. The summed E-state index contributed by atoms with van der Waals surface area (Å²) in [6, 6.07) is 7.82. The van der Waals surface area contributed by atoms with Crippen LogP contribution in [0, 0.1) is 6.92 Å². The van der Waals surface area contributed by atoms with Crippen molar-refractivity contribution in [3.8, 4) is 11.3 Å². The van der Waals surface area contributed by atoms with Crippen LogP contribution in [-0.2, 0) is 6.54 Å². The first-order valence-electron chi connectivity index (χ1n) is 5.07. The molecule has 0 aliphatic heterocycles. The molecule has 0 spiro atoms. The minimum atomic E-state index is 0. The number of halogens is 2. The summed E-state index contributed by atoms with van der Waals surface area (Å²) in [4.78, 5) is 5.84. The molecule has 2 nitrogen and oxygen atoms in total. The third kappa shape index (κ3) is 3.42. The Morgan fingerprint density at radius 2 is 2.18 bits per heavy atom. The van der Waals surface area contributed by atoms with E-state index in [-0.39, 0.29) is 12.4 Å². The Labute approximate surface area is 116 Å². The predicted octanol–water partition coefficient (Wildman–Crippen LogP) is 3.91. The highest BCUT2D eigenvalue weighted by atomic mass is 35.5. The highest BCUT2D eigenvalue weighted by Gasteiger charge is 2.09. The number of aromatic nitrogens is 1. The van der Waals surface area contributed by atoms with Gasteiger partial charge in [-0.25, -0.2) is 4.98 Å². The number of thiazole rings is 1. The SMILES string of the molecule is CNCc1nc(-c2cccc(Cl)c2)c(C)s1.Cl. The Hall–Kier alpha value is -0.610. The minimum absolute atomic E-state index is 0. The maximum Gasteiger partial charge on any atom is 0.107 e. The van der Waals surface area contributed by atoms with Crippen molar-refractivity contribution in [2.75, 3.05) is 7.05 Å². The molecule has 1 N–H and O–H groups in total. The van der Waals surface area contributed by atoms with Crippen molar-refractivity contribution in [2.45, 2.75) is 13.5 Å². The molecule has 0 aliphatic rings. The molecule has 1 heterocycles. The lowest BCUT2D eigenvalue weighted by atomic mass is 10.1. The van der Waals surface area contributed by atoms with E-state index in [0.717, 1.165) is 27.8 Å². The Bertz CT molecular complexity index is 497. The van der Waals surface area contributed by atoms with E-state index in [4.69, 9.17) is 11.6 Å². The molecule has 2 aromatic rings. The lowest BCUT2D eigenvalue weighted by Crippen LogP contribution is -2.04. The molecule has 0 atom stereocenters. The van der Waals surface area contributed by atoms with E-state index in [9.17, 15) is 0 Å². The van der Waals surface area contributed by atoms with E-state index in [1.54, 1.807) is 11.3 Å². The third-order valence-corrected chi connectivity index (χ3v) is 3.47. The van der Waals surface area contributed by atoms with E-state index in [1.807, 2.05) is 31.3 Å². The van der Waals surface area contributed by atoms with Crippen molar-refractivity contribution < 1.29 is 0 Å². The fraction of sp³-hybridized carbons (Fsp3) is 0.250. The van der Waals surface area contributed by atoms with Crippen LogP contribution in [0.4, 0.5) is 0 Å². The van der Waals surface area contributed by atoms with Crippen LogP contribution in [0.5, 0.6) is 0 Å². The Balaban J connectivity index is 0.00000144. The van der Waals surface area contributed by atoms with E-state index in [0.29, 0.717) is 0 Å². The monoisotopic (exact) mass is 288 g/mol. The van der Waals surface area contributed by atoms with Gasteiger partial charge in [-0.1, -0.05) is 23.7 Å². The summed E-state index contributed by atoms with van der Waals surface area (Å²) in [5.74, 6) is 0. The Kier molecular flexibility index (Phi) is 5.40. The number of nitrogens with zero attached hydrogens (tertiary/aromatic N) is 1. The van der Waals surface area contributed by atoms with Crippen LogP contribution >= 0.6 is 35.3 Å². The molecule has 0 aliphatic carbocycles. The van der Waals surface area contributed by atoms with Crippen LogP contribution < -0.4 is 5.32 Å². The zero-order valence-electron chi connectivity index (χ0n) is 9.66. The van der Waals surface area contributed by atoms with Crippen LogP contribution in [0.3, 0.4) is 0 Å². The molecule has 0 saturated heterocycles. The number of hydrogen-bond donors (Lipinski definition) is 1. The van der Waals surface area contributed by atoms with Gasteiger partial charge in [-0.05, 0) is 26.1 Å². The van der Waals surface area contributed by atoms with Gasteiger partial charge in [0.1, 0.15) is 5.01 Å². The molecule has 2 rings (SSSR count). The van der Waals surface area contributed by atoms with Crippen molar-refractivity contribution in [3.63, 3.8) is 0 Å². The van der Waals surface area contributed by atoms with Gasteiger partial charge in [-0.15, -0.1) is 23.7 Å². The molecule has 1 aromatic carbocycles. The lowest BCUT2D eigenvalue weighted by molar-refractivity contribution is 0.811. The van der Waals surface area contributed by atoms with Crippen LogP contribution in [-0.4, -0.2) is 12.0 Å². The van der Waals surface area contributed by atoms with Gasteiger partial charge in [0.05, 0.1) is 5.69 Å². The van der Waals surface area contributed by atoms with Crippen molar-refractivity contribution in [3.05, 3.63) is 39.2 Å². The largest absolute Gasteiger partial charge is 0.314 e. The molecule has 0 radical (unpaired) electrons. The summed E-state index contributed by atoms with van der Waals surface area (Å²) in [6.45, 7) is 2.90. The number of aryl methyl sites for hydroxylation is 1. The average Bonchev–Trinajstić information content (AvgIpc) is 2.60. The van der Waals surface area contributed by atoms with Crippen molar-refractivity contribution in [1.82, 2.24) is 10.3 Å². The van der Waals surface area contributed by atoms with Gasteiger partial charge < -0.3 is 5.32 Å². The maximum absolute atomic E-state index is 5.98. The van der Waals surface area contributed by atoms with Crippen LogP contribution in [0.2, 0.25) is 5.02 Å². The standard InChI is InChI=1S/C12H13ClN2S.ClH/c1-8-12(15-11(16-8)7-14-2)9-4-3-5-10(13)6-9;/h3-6,14H,7H2,1-2H3;1H. The normalized spacial score (nSPS) is 10.1. The molecular weight excluding hydrogens is 275 g/mol. The molecule has 0 unspecified atom stereocenters. The number of rotatable bonds is 3. The van der Waals surface area contributed by atoms with Crippen molar-refractivity contribution in [1.29, 1.82) is 0 Å². The van der Waals surface area contributed by atoms with E-state index >= 15 is 0 Å². The van der Waals surface area contributed by atoms with Crippen molar-refractivity contribution in [2.24, 2.45) is 0 Å². The zero-order chi connectivity index (χ0) is 11.5. The second-order valence-electron chi connectivity index (χ2n) is 3.55. The van der Waals surface area contributed by atoms with Crippen LogP contribution in [0.25, 0.3) is 11.3 Å². The molecule has 0 fully saturated rings. The van der Waals surface area contributed by atoms with E-state index in [1.165, 1.54) is 4.88 Å². The molecule has 1 aromatic heterocycles. The van der Waals surface area contributed by atoms with E-state index < -0.39 is 0 Å². The average molecular weight is 289 g/mol. The molecule has 0 amide bonds. The van der Waals surface area contributed by atoms with Crippen molar-refractivity contribution >= 4 is 35.3 Å². The fourth-order valence-electron chi connectivity index (χ4n) is 1.58. The zero-order valence-corrected chi connectivity index (χ0v) is 12.0. The first-order chi connectivity index (χ1) is 7.70. The number of hydrogen-bond acceptors (Lipinski definition) is 3. The van der Waals surface area contributed by atoms with Gasteiger partial charge in [0.2, 0.25) is 0 Å². The number of nitrogens with one attached hydrogen (secondary N) is 1. The molecular formula is C12H14Cl2N2S. The summed E-state index contributed by atoms with van der Waals surface area (Å²) >= 11 is 7.70. The minimum Gasteiger partial charge on any atom is -0.314 e. The molecule has 5 heteroatoms. The third-order valence-electron chi connectivity index (χ3n) is 2.27. The Morgan fingerprint density at radius 1 is 1.41 bits per heavy atom. The predicted molar refractivity (Wildman–Crippen MR) is 77.3 cm³/mol. The summed E-state index contributed by atoms with van der Waals surface area (Å²) in [5, 5.41) is 4.97. The highest BCUT2D eigenvalue weighted by molar-refractivity contribution is 7.12. The first kappa shape index (κ1) is 14.5. The van der Waals surface area contributed by atoms with Gasteiger partial charge in [-0.2, -0.15) is 0 Å². The van der Waals surface area contributed by atoms with Gasteiger partial charge in [-0.3, -0.25) is 0 Å². The molecule has 0 saturated carbocycles. The quantitative estimate of drug-likeness (QED) is 0.926. The van der Waals surface area contributed by atoms with Gasteiger partial charge in [0.25, 0.3) is 0 Å². The van der Waals surface area contributed by atoms with Gasteiger partial charge in [0, 0.05) is 22.0 Å². The molecule has 17 heavy (non-hydrogen) atoms. The first-order valence-corrected chi connectivity index (χ1v) is 6.27. The summed E-state index contributed by atoms with van der Waals surface area (Å²) < 4.78 is 0. The van der Waals surface area contributed by atoms with Crippen LogP contribution in [0.15, 0.2) is 24.3 Å². The maximum atomic E-state index is 5.98. The van der Waals surface area contributed by atoms with Crippen LogP contribution in [0.1, 0.15) is 9.88 Å². The lowest BCUT2D eigenvalue weighted by Gasteiger charge is -1.98. The highest BCUT2D eigenvalue weighted by Crippen LogP contribution is 2.28. The topological polar surface area (TPSA) is 24.9 Å². The second-order valence-corrected chi connectivity index (χ2v) is 5.28. The Morgan fingerprint density at radius 3 is 2.82 bits per heavy atom. The van der Waals surface area contributed by atoms with Gasteiger partial charge in [0.15, 0.2) is 0 Å². The second kappa shape index (κ2) is 6.36. The summed E-state index contributed by atoms with van der Waals surface area (Å²) in [5.41, 5.74) is 2.13. The molecule has 0 bridgehead atoms. The van der Waals surface area contributed by atoms with Gasteiger partial charge >= 0.3 is 0 Å². The fourth-order valence-corrected chi connectivity index (χ4v) is 2.74. The molecule has 92 valence electrons. The smallest absolute Gasteiger partial charge is 0.107 e. The number of benzene rings is 1. The summed E-state index contributed by atoms with van der Waals surface area (Å²) in [7, 11) is 1.93.